The van der Waals surface area contributed by atoms with Crippen LogP contribution in [0.2, 0.25) is 0 Å². The molecule has 0 spiro atoms. The van der Waals surface area contributed by atoms with Crippen LogP contribution in [0.4, 0.5) is 8.78 Å². The van der Waals surface area contributed by atoms with Gasteiger partial charge < -0.3 is 6.53 Å². The number of fused-ring (bicyclic) bond motifs is 2. The number of halogens is 2. The van der Waals surface area contributed by atoms with Crippen molar-refractivity contribution in [3.8, 4) is 22.3 Å². The summed E-state index contributed by atoms with van der Waals surface area (Å²) in [4.78, 5) is 11.6. The first-order valence-corrected chi connectivity index (χ1v) is 11.5. The molecule has 4 aromatic rings. The molecule has 3 radical (unpaired) electrons. The van der Waals surface area contributed by atoms with Crippen LogP contribution in [0, 0.1) is 11.6 Å². The SMILES string of the molecule is O=C1CCc2ccc(-c3cccc(F)c3)cc21.OC1CCc2ccc(-c3cccc(F)c3)cc21.[B].[H-].[Na+]. The first-order valence-electron chi connectivity index (χ1n) is 11.5. The number of carbonyl (C=O) groups is 1. The van der Waals surface area contributed by atoms with Gasteiger partial charge in [0.1, 0.15) is 11.6 Å². The van der Waals surface area contributed by atoms with E-state index < -0.39 is 0 Å². The molecule has 1 N–H and O–H groups in total. The second-order valence-electron chi connectivity index (χ2n) is 8.78. The van der Waals surface area contributed by atoms with E-state index in [4.69, 9.17) is 0 Å². The molecule has 0 fully saturated rings. The van der Waals surface area contributed by atoms with Gasteiger partial charge in [-0.05, 0) is 94.6 Å². The smallest absolute Gasteiger partial charge is 1.00 e. The minimum atomic E-state index is -0.362. The van der Waals surface area contributed by atoms with Gasteiger partial charge in [0.2, 0.25) is 0 Å². The minimum Gasteiger partial charge on any atom is -1.00 e. The summed E-state index contributed by atoms with van der Waals surface area (Å²) in [6, 6.07) is 24.8. The van der Waals surface area contributed by atoms with Crippen LogP contribution in [0.25, 0.3) is 22.3 Å². The second kappa shape index (κ2) is 12.1. The molecule has 175 valence electrons. The molecule has 6 heteroatoms. The summed E-state index contributed by atoms with van der Waals surface area (Å²) in [6.45, 7) is 0. The van der Waals surface area contributed by atoms with E-state index in [1.165, 1.54) is 29.8 Å². The first-order chi connectivity index (χ1) is 16.5. The molecule has 4 aromatic carbocycles. The molecule has 0 aliphatic heterocycles. The molecule has 1 atom stereocenters. The molecule has 0 aromatic heterocycles. The molecule has 0 saturated heterocycles. The maximum atomic E-state index is 13.2. The van der Waals surface area contributed by atoms with Crippen LogP contribution in [0.15, 0.2) is 84.9 Å². The summed E-state index contributed by atoms with van der Waals surface area (Å²) in [5, 5.41) is 9.83. The molecular formula is C30H25BF2NaO2. The van der Waals surface area contributed by atoms with E-state index >= 15 is 0 Å². The number of aliphatic hydroxyl groups is 1. The summed E-state index contributed by atoms with van der Waals surface area (Å²) in [5.74, 6) is -0.295. The van der Waals surface area contributed by atoms with Crippen LogP contribution >= 0.6 is 0 Å². The predicted octanol–water partition coefficient (Wildman–Crippen LogP) is 3.83. The molecule has 2 aliphatic carbocycles. The van der Waals surface area contributed by atoms with Gasteiger partial charge in [-0.1, -0.05) is 48.5 Å². The number of aliphatic hydroxyl groups excluding tert-OH is 1. The standard InChI is InChI=1S/C15H13FO.C15H11FO.B.Na.H/c2*16-13-3-1-2-11(8-13)12-5-4-10-6-7-15(17)14(10)9-12;;;/h1-5,8-9,15,17H,6-7H2;1-5,8-9H,6-7H2;;;/q;;;+1;-1. The maximum absolute atomic E-state index is 13.2. The Morgan fingerprint density at radius 1 is 0.694 bits per heavy atom. The number of aryl methyl sites for hydroxylation is 2. The van der Waals surface area contributed by atoms with Crippen molar-refractivity contribution in [3.05, 3.63) is 119 Å². The van der Waals surface area contributed by atoms with Crippen LogP contribution in [0.5, 0.6) is 0 Å². The van der Waals surface area contributed by atoms with E-state index in [1.54, 1.807) is 12.1 Å². The van der Waals surface area contributed by atoms with Gasteiger partial charge in [-0.2, -0.15) is 0 Å². The van der Waals surface area contributed by atoms with Crippen molar-refractivity contribution < 1.29 is 49.7 Å². The van der Waals surface area contributed by atoms with E-state index in [0.29, 0.717) is 6.42 Å². The Hall–Kier alpha value is -2.57. The van der Waals surface area contributed by atoms with E-state index in [0.717, 1.165) is 58.2 Å². The fourth-order valence-corrected chi connectivity index (χ4v) is 4.71. The van der Waals surface area contributed by atoms with Gasteiger partial charge in [-0.15, -0.1) is 0 Å². The maximum Gasteiger partial charge on any atom is 1.00 e. The van der Waals surface area contributed by atoms with Gasteiger partial charge >= 0.3 is 29.6 Å². The molecule has 2 aliphatic rings. The zero-order valence-electron chi connectivity index (χ0n) is 21.2. The largest absolute Gasteiger partial charge is 1.00 e. The zero-order chi connectivity index (χ0) is 23.7. The van der Waals surface area contributed by atoms with Crippen molar-refractivity contribution in [1.82, 2.24) is 0 Å². The van der Waals surface area contributed by atoms with Gasteiger partial charge in [0.25, 0.3) is 0 Å². The summed E-state index contributed by atoms with van der Waals surface area (Å²) >= 11 is 0. The number of Topliss-reactive ketones (excluding diaryl/α,β-unsaturated/α-hetero) is 1. The Morgan fingerprint density at radius 2 is 1.25 bits per heavy atom. The third-order valence-electron chi connectivity index (χ3n) is 6.54. The molecule has 0 amide bonds. The Balaban J connectivity index is 0.000000241. The average Bonchev–Trinajstić information content (AvgIpc) is 3.41. The Bertz CT molecular complexity index is 1400. The van der Waals surface area contributed by atoms with Crippen LogP contribution in [-0.4, -0.2) is 19.3 Å². The fourth-order valence-electron chi connectivity index (χ4n) is 4.71. The minimum absolute atomic E-state index is 0. The molecular weight excluding hydrogens is 464 g/mol. The van der Waals surface area contributed by atoms with Crippen LogP contribution < -0.4 is 29.6 Å². The van der Waals surface area contributed by atoms with Crippen LogP contribution in [0.3, 0.4) is 0 Å². The number of hydrogen-bond acceptors (Lipinski definition) is 2. The molecule has 1 unspecified atom stereocenters. The Kier molecular flexibility index (Phi) is 9.43. The Labute approximate surface area is 235 Å². The molecule has 0 heterocycles. The van der Waals surface area contributed by atoms with Crippen molar-refractivity contribution >= 4 is 14.2 Å². The van der Waals surface area contributed by atoms with Gasteiger partial charge in [0, 0.05) is 20.4 Å². The van der Waals surface area contributed by atoms with E-state index in [9.17, 15) is 18.7 Å². The molecule has 6 rings (SSSR count). The fraction of sp³-hybridized carbons (Fsp3) is 0.167. The third kappa shape index (κ3) is 6.04. The summed E-state index contributed by atoms with van der Waals surface area (Å²) < 4.78 is 26.3. The van der Waals surface area contributed by atoms with Crippen molar-refractivity contribution in [2.24, 2.45) is 0 Å². The van der Waals surface area contributed by atoms with Crippen LogP contribution in [0.1, 0.15) is 47.4 Å². The number of carbonyl (C=O) groups excluding carboxylic acids is 1. The number of benzene rings is 4. The monoisotopic (exact) mass is 489 g/mol. The number of rotatable bonds is 2. The third-order valence-corrected chi connectivity index (χ3v) is 6.54. The van der Waals surface area contributed by atoms with Gasteiger partial charge in [-0.3, -0.25) is 4.79 Å². The van der Waals surface area contributed by atoms with Gasteiger partial charge in [0.15, 0.2) is 5.78 Å². The second-order valence-corrected chi connectivity index (χ2v) is 8.78. The zero-order valence-corrected chi connectivity index (χ0v) is 22.2. The molecule has 0 bridgehead atoms. The van der Waals surface area contributed by atoms with Crippen LogP contribution in [-0.2, 0) is 12.8 Å². The van der Waals surface area contributed by atoms with Crippen molar-refractivity contribution in [1.29, 1.82) is 0 Å². The number of hydrogen-bond donors (Lipinski definition) is 1. The molecule has 2 nitrogen and oxygen atoms in total. The molecule has 0 saturated carbocycles. The van der Waals surface area contributed by atoms with Gasteiger partial charge in [-0.25, -0.2) is 8.78 Å². The summed E-state index contributed by atoms with van der Waals surface area (Å²) in [6.07, 6.45) is 2.79. The Morgan fingerprint density at radius 3 is 1.86 bits per heavy atom. The molecule has 36 heavy (non-hydrogen) atoms. The summed E-state index contributed by atoms with van der Waals surface area (Å²) in [5.41, 5.74) is 7.63. The van der Waals surface area contributed by atoms with Gasteiger partial charge in [0.05, 0.1) is 6.10 Å². The van der Waals surface area contributed by atoms with Crippen molar-refractivity contribution in [3.63, 3.8) is 0 Å². The number of ketones is 1. The van der Waals surface area contributed by atoms with E-state index in [2.05, 4.69) is 0 Å². The van der Waals surface area contributed by atoms with E-state index in [-0.39, 0.29) is 62.9 Å². The van der Waals surface area contributed by atoms with Crippen molar-refractivity contribution in [2.45, 2.75) is 31.8 Å². The predicted molar refractivity (Wildman–Crippen MR) is 136 cm³/mol. The normalized spacial score (nSPS) is 15.1. The van der Waals surface area contributed by atoms with E-state index in [1.807, 2.05) is 48.5 Å². The summed E-state index contributed by atoms with van der Waals surface area (Å²) in [7, 11) is 0. The quantitative estimate of drug-likeness (QED) is 0.435. The first kappa shape index (κ1) is 28.0. The topological polar surface area (TPSA) is 37.3 Å². The average molecular weight is 489 g/mol. The van der Waals surface area contributed by atoms with Crippen molar-refractivity contribution in [2.75, 3.05) is 0 Å².